The van der Waals surface area contributed by atoms with Crippen LogP contribution in [0.25, 0.3) is 0 Å². The summed E-state index contributed by atoms with van der Waals surface area (Å²) in [5.41, 5.74) is 1.41. The molecule has 0 aliphatic carbocycles. The smallest absolute Gasteiger partial charge is 0 e. The van der Waals surface area contributed by atoms with Crippen LogP contribution in [0.4, 0.5) is 0 Å². The Balaban J connectivity index is 0.000000468. The Bertz CT molecular complexity index is 908. The molecule has 162 valence electrons. The van der Waals surface area contributed by atoms with Crippen molar-refractivity contribution >= 4 is 39.8 Å². The molecule has 0 aromatic heterocycles. The van der Waals surface area contributed by atoms with Gasteiger partial charge in [-0.25, -0.2) is 0 Å². The minimum atomic E-state index is -0.581. The molecule has 0 heterocycles. The molecule has 0 aliphatic rings. The van der Waals surface area contributed by atoms with Gasteiger partial charge in [-0.3, -0.25) is 0 Å². The van der Waals surface area contributed by atoms with Crippen molar-refractivity contribution in [2.24, 2.45) is 0 Å². The first-order chi connectivity index (χ1) is 14.1. The molecule has 1 unspecified atom stereocenters. The number of hydrogen-bond donors (Lipinski definition) is 0. The summed E-state index contributed by atoms with van der Waals surface area (Å²) in [5, 5.41) is 4.21. The van der Waals surface area contributed by atoms with Crippen molar-refractivity contribution in [2.45, 2.75) is 13.0 Å². The Kier molecular flexibility index (Phi) is 10.2. The fourth-order valence-corrected chi connectivity index (χ4v) is 6.65. The van der Waals surface area contributed by atoms with Gasteiger partial charge in [-0.1, -0.05) is 67.6 Å². The second-order valence-corrected chi connectivity index (χ2v) is 10.1. The molecule has 0 saturated carbocycles. The standard InChI is InChI=1S/C21H22BrNP.C5H5.Fe/c1-16(23(2)3)19-14-15-20(22)21(19)24(17-10-6-4-7-11-17)18-12-8-5-9-13-18;1-2-4-5-3-1;/h4-16H,1-3H3;1-5H;/q-1;-5;. The van der Waals surface area contributed by atoms with Crippen LogP contribution in [0, 0.1) is 0 Å². The normalized spacial score (nSPS) is 11.5. The van der Waals surface area contributed by atoms with Gasteiger partial charge in [-0.15, -0.1) is 31.3 Å². The summed E-state index contributed by atoms with van der Waals surface area (Å²) in [6.45, 7) is 2.27. The van der Waals surface area contributed by atoms with Crippen LogP contribution in [0.3, 0.4) is 0 Å². The van der Waals surface area contributed by atoms with E-state index in [4.69, 9.17) is 0 Å². The van der Waals surface area contributed by atoms with E-state index in [1.807, 2.05) is 30.3 Å². The third-order valence-electron chi connectivity index (χ3n) is 4.94. The Labute approximate surface area is 201 Å². The van der Waals surface area contributed by atoms with E-state index in [9.17, 15) is 0 Å². The molecule has 1 atom stereocenters. The van der Waals surface area contributed by atoms with Crippen LogP contribution in [-0.4, -0.2) is 19.0 Å². The molecule has 30 heavy (non-hydrogen) atoms. The average Bonchev–Trinajstić information content (AvgIpc) is 3.44. The van der Waals surface area contributed by atoms with Crippen molar-refractivity contribution in [1.82, 2.24) is 4.90 Å². The molecule has 4 rings (SSSR count). The van der Waals surface area contributed by atoms with Gasteiger partial charge in [-0.2, -0.15) is 12.1 Å². The fourth-order valence-electron chi connectivity index (χ4n) is 3.19. The summed E-state index contributed by atoms with van der Waals surface area (Å²) in [7, 11) is 3.70. The topological polar surface area (TPSA) is 3.24 Å². The van der Waals surface area contributed by atoms with Crippen LogP contribution in [0.2, 0.25) is 0 Å². The maximum absolute atomic E-state index is 3.83. The largest absolute Gasteiger partial charge is 0.748 e. The van der Waals surface area contributed by atoms with Crippen molar-refractivity contribution in [1.29, 1.82) is 0 Å². The van der Waals surface area contributed by atoms with E-state index < -0.39 is 7.92 Å². The van der Waals surface area contributed by atoms with Gasteiger partial charge < -0.3 is 35.2 Å². The number of halogens is 1. The van der Waals surface area contributed by atoms with Gasteiger partial charge >= 0.3 is 0 Å². The minimum Gasteiger partial charge on any atom is -0.748 e. The molecule has 0 N–H and O–H groups in total. The molecule has 4 aromatic carbocycles. The predicted molar refractivity (Wildman–Crippen MR) is 133 cm³/mol. The Morgan fingerprint density at radius 2 is 1.23 bits per heavy atom. The summed E-state index contributed by atoms with van der Waals surface area (Å²) < 4.78 is 1.21. The van der Waals surface area contributed by atoms with Crippen LogP contribution in [-0.2, 0) is 17.1 Å². The minimum absolute atomic E-state index is 0. The molecule has 0 saturated heterocycles. The van der Waals surface area contributed by atoms with Gasteiger partial charge in [0.05, 0.1) is 0 Å². The Hall–Kier alpha value is -1.47. The molecule has 0 aliphatic heterocycles. The summed E-state index contributed by atoms with van der Waals surface area (Å²) in [6, 6.07) is 36.6. The fraction of sp³-hybridized carbons (Fsp3) is 0.154. The van der Waals surface area contributed by atoms with Crippen LogP contribution in [0.5, 0.6) is 0 Å². The SMILES string of the molecule is CC([c-]1ccc(Br)c1P(c1ccccc1)c1ccccc1)N(C)C.[Fe].[cH-]1[cH-][cH-][cH-][cH-]1. The molecule has 4 aromatic rings. The van der Waals surface area contributed by atoms with Crippen LogP contribution >= 0.6 is 23.9 Å². The summed E-state index contributed by atoms with van der Waals surface area (Å²) in [6.07, 6.45) is 0. The molecule has 1 nitrogen and oxygen atoms in total. The first kappa shape index (κ1) is 24.8. The van der Waals surface area contributed by atoms with Gasteiger partial charge in [0, 0.05) is 17.1 Å². The average molecular weight is 520 g/mol. The van der Waals surface area contributed by atoms with E-state index in [0.29, 0.717) is 6.04 Å². The van der Waals surface area contributed by atoms with E-state index in [1.165, 1.54) is 25.9 Å². The zero-order valence-electron chi connectivity index (χ0n) is 17.5. The van der Waals surface area contributed by atoms with Crippen LogP contribution in [0.15, 0.2) is 108 Å². The van der Waals surface area contributed by atoms with Crippen molar-refractivity contribution < 1.29 is 17.1 Å². The molecule has 0 radical (unpaired) electrons. The second-order valence-electron chi connectivity index (χ2n) is 7.09. The van der Waals surface area contributed by atoms with Gasteiger partial charge in [0.2, 0.25) is 0 Å². The summed E-state index contributed by atoms with van der Waals surface area (Å²) in [5.74, 6) is 0. The number of nitrogens with zero attached hydrogens (tertiary/aromatic N) is 1. The van der Waals surface area contributed by atoms with Crippen LogP contribution in [0.1, 0.15) is 18.5 Å². The number of rotatable bonds is 5. The molecule has 0 amide bonds. The van der Waals surface area contributed by atoms with Crippen molar-refractivity contribution in [2.75, 3.05) is 14.1 Å². The number of benzene rings is 2. The van der Waals surface area contributed by atoms with Gasteiger partial charge in [0.15, 0.2) is 0 Å². The zero-order chi connectivity index (χ0) is 20.6. The monoisotopic (exact) mass is 519 g/mol. The number of hydrogen-bond acceptors (Lipinski definition) is 1. The first-order valence-corrected chi connectivity index (χ1v) is 11.9. The molecular weight excluding hydrogens is 493 g/mol. The van der Waals surface area contributed by atoms with Gasteiger partial charge in [0.1, 0.15) is 0 Å². The molecule has 0 bridgehead atoms. The van der Waals surface area contributed by atoms with Crippen LogP contribution < -0.4 is 15.9 Å². The third kappa shape index (κ3) is 6.27. The summed E-state index contributed by atoms with van der Waals surface area (Å²) in [4.78, 5) is 2.27. The van der Waals surface area contributed by atoms with Gasteiger partial charge in [0.25, 0.3) is 0 Å². The molecular formula is C26H27BrFeNP-6. The first-order valence-electron chi connectivity index (χ1n) is 9.78. The third-order valence-corrected chi connectivity index (χ3v) is 8.48. The van der Waals surface area contributed by atoms with E-state index in [1.54, 1.807) is 0 Å². The predicted octanol–water partition coefficient (Wildman–Crippen LogP) is 5.95. The summed E-state index contributed by atoms with van der Waals surface area (Å²) >= 11 is 3.83. The van der Waals surface area contributed by atoms with E-state index >= 15 is 0 Å². The van der Waals surface area contributed by atoms with Crippen molar-refractivity contribution in [3.8, 4) is 0 Å². The Morgan fingerprint density at radius 1 is 0.800 bits per heavy atom. The zero-order valence-corrected chi connectivity index (χ0v) is 21.1. The maximum Gasteiger partial charge on any atom is 0 e. The molecule has 0 spiro atoms. The van der Waals surface area contributed by atoms with E-state index in [0.717, 1.165) is 0 Å². The van der Waals surface area contributed by atoms with Crippen molar-refractivity contribution in [3.05, 3.63) is 113 Å². The maximum atomic E-state index is 3.83. The second kappa shape index (κ2) is 12.4. The van der Waals surface area contributed by atoms with Gasteiger partial charge in [-0.05, 0) is 38.7 Å². The quantitative estimate of drug-likeness (QED) is 0.179. The van der Waals surface area contributed by atoms with E-state index in [2.05, 4.69) is 115 Å². The molecule has 0 fully saturated rings. The molecule has 4 heteroatoms. The van der Waals surface area contributed by atoms with Crippen molar-refractivity contribution in [3.63, 3.8) is 0 Å². The van der Waals surface area contributed by atoms with E-state index in [-0.39, 0.29) is 17.1 Å². The Morgan fingerprint density at radius 3 is 1.63 bits per heavy atom.